The number of rotatable bonds is 3. The van der Waals surface area contributed by atoms with Crippen LogP contribution in [0.2, 0.25) is 0 Å². The van der Waals surface area contributed by atoms with Gasteiger partial charge in [-0.15, -0.1) is 0 Å². The first kappa shape index (κ1) is 12.1. The summed E-state index contributed by atoms with van der Waals surface area (Å²) in [5.74, 6) is 1.90. The van der Waals surface area contributed by atoms with Gasteiger partial charge in [0.2, 0.25) is 4.96 Å². The van der Waals surface area contributed by atoms with Crippen LogP contribution in [-0.4, -0.2) is 21.1 Å². The summed E-state index contributed by atoms with van der Waals surface area (Å²) in [6, 6.07) is 4.37. The smallest absolute Gasteiger partial charge is 0.212 e. The van der Waals surface area contributed by atoms with E-state index in [-0.39, 0.29) is 0 Å². The average molecular weight is 288 g/mol. The number of hydrogen-bond acceptors (Lipinski definition) is 5. The molecular weight excluding hydrogens is 272 g/mol. The average Bonchev–Trinajstić information content (AvgIpc) is 3.12. The second-order valence-corrected chi connectivity index (χ2v) is 6.15. The molecule has 0 radical (unpaired) electrons. The van der Waals surface area contributed by atoms with E-state index in [1.54, 1.807) is 17.6 Å². The lowest BCUT2D eigenvalue weighted by Crippen LogP contribution is -2.29. The van der Waals surface area contributed by atoms with E-state index in [9.17, 15) is 0 Å². The van der Waals surface area contributed by atoms with E-state index >= 15 is 0 Å². The number of furan rings is 1. The molecule has 0 aromatic carbocycles. The van der Waals surface area contributed by atoms with E-state index in [1.165, 1.54) is 10.6 Å². The van der Waals surface area contributed by atoms with Crippen molar-refractivity contribution >= 4 is 16.3 Å². The molecule has 0 aliphatic carbocycles. The number of nitrogens with one attached hydrogen (secondary N) is 1. The lowest BCUT2D eigenvalue weighted by molar-refractivity contribution is 0.440. The molecule has 3 aromatic rings. The van der Waals surface area contributed by atoms with E-state index in [4.69, 9.17) is 4.42 Å². The van der Waals surface area contributed by atoms with Crippen LogP contribution in [0.3, 0.4) is 0 Å². The quantitative estimate of drug-likeness (QED) is 0.804. The summed E-state index contributed by atoms with van der Waals surface area (Å²) >= 11 is 1.76. The maximum absolute atomic E-state index is 5.42. The molecule has 4 rings (SSSR count). The van der Waals surface area contributed by atoms with Crippen molar-refractivity contribution in [3.8, 4) is 0 Å². The minimum atomic E-state index is 0.387. The lowest BCUT2D eigenvalue weighted by atomic mass is 10.0. The van der Waals surface area contributed by atoms with Gasteiger partial charge in [-0.25, -0.2) is 9.50 Å². The Morgan fingerprint density at radius 3 is 3.35 bits per heavy atom. The molecule has 0 saturated carbocycles. The van der Waals surface area contributed by atoms with E-state index < -0.39 is 0 Å². The summed E-state index contributed by atoms with van der Waals surface area (Å²) in [7, 11) is 0. The fourth-order valence-corrected chi connectivity index (χ4v) is 4.09. The third kappa shape index (κ3) is 1.96. The zero-order valence-corrected chi connectivity index (χ0v) is 12.1. The van der Waals surface area contributed by atoms with Gasteiger partial charge >= 0.3 is 0 Å². The van der Waals surface area contributed by atoms with Crippen LogP contribution in [0, 0.1) is 6.92 Å². The van der Waals surface area contributed by atoms with Crippen molar-refractivity contribution in [3.63, 3.8) is 0 Å². The monoisotopic (exact) mass is 288 g/mol. The van der Waals surface area contributed by atoms with Gasteiger partial charge in [-0.1, -0.05) is 11.3 Å². The highest BCUT2D eigenvalue weighted by molar-refractivity contribution is 7.17. The predicted octanol–water partition coefficient (Wildman–Crippen LogP) is 2.51. The zero-order chi connectivity index (χ0) is 13.5. The Morgan fingerprint density at radius 1 is 1.55 bits per heavy atom. The van der Waals surface area contributed by atoms with Crippen LogP contribution in [0.5, 0.6) is 0 Å². The van der Waals surface area contributed by atoms with Gasteiger partial charge in [-0.2, -0.15) is 5.10 Å². The lowest BCUT2D eigenvalue weighted by Gasteiger charge is -2.23. The second kappa shape index (κ2) is 4.71. The van der Waals surface area contributed by atoms with Crippen LogP contribution in [0.4, 0.5) is 0 Å². The molecule has 0 spiro atoms. The van der Waals surface area contributed by atoms with Crippen LogP contribution >= 0.6 is 11.3 Å². The molecule has 0 fully saturated rings. The molecule has 1 aliphatic heterocycles. The molecule has 3 aromatic heterocycles. The Bertz CT molecular complexity index is 728. The SMILES string of the molecule is Cc1nc2sc3c(n2n1)CCNC3CCc1ccco1. The Balaban J connectivity index is 1.62. The maximum atomic E-state index is 5.42. The Hall–Kier alpha value is -1.66. The van der Waals surface area contributed by atoms with Gasteiger partial charge in [-0.05, 0) is 25.5 Å². The molecule has 0 bridgehead atoms. The molecule has 1 N–H and O–H groups in total. The van der Waals surface area contributed by atoms with Crippen molar-refractivity contribution in [2.45, 2.75) is 32.2 Å². The first-order chi connectivity index (χ1) is 9.81. The van der Waals surface area contributed by atoms with E-state index in [0.717, 1.165) is 42.4 Å². The molecule has 1 aliphatic rings. The Labute approximate surface area is 120 Å². The molecule has 4 heterocycles. The van der Waals surface area contributed by atoms with Gasteiger partial charge in [-0.3, -0.25) is 0 Å². The normalized spacial score (nSPS) is 18.6. The van der Waals surface area contributed by atoms with Crippen LogP contribution in [-0.2, 0) is 12.8 Å². The van der Waals surface area contributed by atoms with E-state index in [0.29, 0.717) is 6.04 Å². The van der Waals surface area contributed by atoms with E-state index in [2.05, 4.69) is 15.4 Å². The number of hydrogen-bond donors (Lipinski definition) is 1. The summed E-state index contributed by atoms with van der Waals surface area (Å²) in [6.07, 6.45) is 4.76. The van der Waals surface area contributed by atoms with Crippen molar-refractivity contribution in [1.82, 2.24) is 19.9 Å². The molecule has 1 unspecified atom stereocenters. The standard InChI is InChI=1S/C14H16N4OS/c1-9-16-14-18(17-9)12-6-7-15-11(13(12)20-14)5-4-10-3-2-8-19-10/h2-3,8,11,15H,4-7H2,1H3. The highest BCUT2D eigenvalue weighted by Gasteiger charge is 2.26. The number of aryl methyl sites for hydroxylation is 2. The number of thiazole rings is 1. The molecule has 5 nitrogen and oxygen atoms in total. The molecule has 0 saturated heterocycles. The fraction of sp³-hybridized carbons (Fsp3) is 0.429. The van der Waals surface area contributed by atoms with Gasteiger partial charge in [0.25, 0.3) is 0 Å². The zero-order valence-electron chi connectivity index (χ0n) is 11.3. The van der Waals surface area contributed by atoms with Crippen LogP contribution < -0.4 is 5.32 Å². The second-order valence-electron chi connectivity index (χ2n) is 5.14. The van der Waals surface area contributed by atoms with Crippen molar-refractivity contribution in [2.75, 3.05) is 6.54 Å². The van der Waals surface area contributed by atoms with Crippen LogP contribution in [0.15, 0.2) is 22.8 Å². The molecule has 20 heavy (non-hydrogen) atoms. The molecule has 6 heteroatoms. The first-order valence-electron chi connectivity index (χ1n) is 6.92. The molecule has 104 valence electrons. The highest BCUT2D eigenvalue weighted by Crippen LogP contribution is 2.33. The Kier molecular flexibility index (Phi) is 2.85. The third-order valence-electron chi connectivity index (χ3n) is 3.75. The van der Waals surface area contributed by atoms with Crippen LogP contribution in [0.25, 0.3) is 4.96 Å². The van der Waals surface area contributed by atoms with Crippen LogP contribution in [0.1, 0.15) is 34.6 Å². The summed E-state index contributed by atoms with van der Waals surface area (Å²) in [4.78, 5) is 6.89. The highest BCUT2D eigenvalue weighted by atomic mass is 32.1. The van der Waals surface area contributed by atoms with Gasteiger partial charge < -0.3 is 9.73 Å². The third-order valence-corrected chi connectivity index (χ3v) is 4.94. The summed E-state index contributed by atoms with van der Waals surface area (Å²) in [5, 5.41) is 8.10. The molecule has 1 atom stereocenters. The van der Waals surface area contributed by atoms with Gasteiger partial charge in [0.15, 0.2) is 0 Å². The summed E-state index contributed by atoms with van der Waals surface area (Å²) < 4.78 is 7.44. The predicted molar refractivity (Wildman–Crippen MR) is 77.1 cm³/mol. The van der Waals surface area contributed by atoms with Crippen molar-refractivity contribution in [2.24, 2.45) is 0 Å². The van der Waals surface area contributed by atoms with Crippen molar-refractivity contribution in [3.05, 3.63) is 40.6 Å². The summed E-state index contributed by atoms with van der Waals surface area (Å²) in [6.45, 7) is 2.95. The molecule has 0 amide bonds. The topological polar surface area (TPSA) is 55.4 Å². The first-order valence-corrected chi connectivity index (χ1v) is 7.73. The molecular formula is C14H16N4OS. The Morgan fingerprint density at radius 2 is 2.50 bits per heavy atom. The van der Waals surface area contributed by atoms with Crippen molar-refractivity contribution < 1.29 is 4.42 Å². The van der Waals surface area contributed by atoms with Gasteiger partial charge in [0, 0.05) is 30.3 Å². The number of nitrogens with zero attached hydrogens (tertiary/aromatic N) is 3. The summed E-state index contributed by atoms with van der Waals surface area (Å²) in [5.41, 5.74) is 1.33. The van der Waals surface area contributed by atoms with Crippen molar-refractivity contribution in [1.29, 1.82) is 0 Å². The van der Waals surface area contributed by atoms with E-state index in [1.807, 2.05) is 23.6 Å². The van der Waals surface area contributed by atoms with Gasteiger partial charge in [0.1, 0.15) is 11.6 Å². The van der Waals surface area contributed by atoms with Gasteiger partial charge in [0.05, 0.1) is 12.0 Å². The number of aromatic nitrogens is 3. The fourth-order valence-electron chi connectivity index (χ4n) is 2.83. The minimum Gasteiger partial charge on any atom is -0.469 e. The minimum absolute atomic E-state index is 0.387. The maximum Gasteiger partial charge on any atom is 0.212 e. The number of fused-ring (bicyclic) bond motifs is 3. The largest absolute Gasteiger partial charge is 0.469 e.